The van der Waals surface area contributed by atoms with Crippen molar-refractivity contribution < 1.29 is 162 Å². The lowest BCUT2D eigenvalue weighted by molar-refractivity contribution is -0.930. The summed E-state index contributed by atoms with van der Waals surface area (Å²) in [6.45, 7) is 10.7. The van der Waals surface area contributed by atoms with E-state index in [-0.39, 0.29) is 21.9 Å². The highest BCUT2D eigenvalue weighted by molar-refractivity contribution is 5.83. The molecule has 32 heteroatoms. The lowest BCUT2D eigenvalue weighted by Gasteiger charge is -2.16. The van der Waals surface area contributed by atoms with Gasteiger partial charge in [0.2, 0.25) is 0 Å². The van der Waals surface area contributed by atoms with Gasteiger partial charge in [0.05, 0.1) is 38.0 Å². The van der Waals surface area contributed by atoms with Crippen LogP contribution in [0, 0.1) is 0 Å². The van der Waals surface area contributed by atoms with E-state index in [0.29, 0.717) is 0 Å². The Morgan fingerprint density at radius 1 is 0.379 bits per heavy atom. The number of carbonyl (C=O) groups excluding carboxylic acids is 4. The molecule has 2 fully saturated rings. The van der Waals surface area contributed by atoms with Gasteiger partial charge in [0, 0.05) is 0 Å². The number of piperazine rings is 2. The van der Waals surface area contributed by atoms with Crippen LogP contribution in [0.25, 0.3) is 0 Å². The van der Waals surface area contributed by atoms with Gasteiger partial charge in [-0.3, -0.25) is 0 Å². The predicted octanol–water partition coefficient (Wildman–Crippen LogP) is -23.0. The molecule has 0 radical (unpaired) electrons. The second-order valence-electron chi connectivity index (χ2n) is 10.8. The van der Waals surface area contributed by atoms with Crippen molar-refractivity contribution in [3.05, 3.63) is 0 Å². The number of carbonyl (C=O) groups is 8. The molecule has 58 heavy (non-hydrogen) atoms. The first-order valence-electron chi connectivity index (χ1n) is 15.1. The summed E-state index contributed by atoms with van der Waals surface area (Å²) in [5.74, 6) is -15.3. The zero-order chi connectivity index (χ0) is 43.5. The van der Waals surface area contributed by atoms with Gasteiger partial charge >= 0.3 is 23.9 Å². The number of aliphatic hydroxyl groups is 8. The molecule has 0 amide bonds. The molecule has 0 aliphatic carbocycles. The maximum absolute atomic E-state index is 9.74. The lowest BCUT2D eigenvalue weighted by atomic mass is 10.2. The molecule has 2 rings (SSSR count). The Bertz CT molecular complexity index is 936. The monoisotopic (exact) mass is 872 g/mol. The standard InChI is InChI=1S/2C5H12N2.4C4H6O6.4H2O/c2*1-7-4-2-6-3-5-7;4*5-1(3(7)8)2(6)4(9)10;;;;/h2*6H,2-5H2,1H3;4*1-2,5-6H,(H,7,8)(H,9,10);4*1H2/t;;4*1-,2-;;;;/m..0000..../s1. The molecule has 0 saturated carbocycles. The molecule has 26 N–H and O–H groups in total. The number of nitrogens with one attached hydrogen (secondary N) is 2. The van der Waals surface area contributed by atoms with Crippen LogP contribution in [0.2, 0.25) is 0 Å². The van der Waals surface area contributed by atoms with Gasteiger partial charge in [-0.25, -0.2) is 19.2 Å². The molecular formula is C26H56N4O28. The van der Waals surface area contributed by atoms with Crippen LogP contribution in [0.3, 0.4) is 0 Å². The quantitative estimate of drug-likeness (QED) is 0.0865. The molecule has 2 heterocycles. The third-order valence-corrected chi connectivity index (χ3v) is 6.28. The Hall–Kier alpha value is -4.88. The molecule has 2 aliphatic rings. The summed E-state index contributed by atoms with van der Waals surface area (Å²) in [4.78, 5) is 81.0. The lowest BCUT2D eigenvalue weighted by Crippen LogP contribution is -3.18. The summed E-state index contributed by atoms with van der Waals surface area (Å²) in [6.07, 6.45) is -18.8. The van der Waals surface area contributed by atoms with Crippen LogP contribution in [0.5, 0.6) is 0 Å². The molecule has 32 nitrogen and oxygen atoms in total. The van der Waals surface area contributed by atoms with E-state index in [1.807, 2.05) is 0 Å². The van der Waals surface area contributed by atoms with Gasteiger partial charge in [-0.1, -0.05) is 0 Å². The summed E-state index contributed by atoms with van der Waals surface area (Å²) in [7, 11) is 4.51. The summed E-state index contributed by atoms with van der Waals surface area (Å²) in [6, 6.07) is 0. The minimum atomic E-state index is -2.38. The van der Waals surface area contributed by atoms with E-state index in [0.717, 1.165) is 0 Å². The Kier molecular flexibility index (Phi) is 47.6. The fourth-order valence-electron chi connectivity index (χ4n) is 2.99. The SMILES string of the molecule is C[NH+]1CC[NH2+]CC1.C[NH+]1CC[NH2+]CC1.O.O.O.O.O=C([O-])[C@@H](O)[C@H](O)C(=O)O.O=C([O-])[C@@H](O)[C@H](O)C(=O)O.O=C([O-])[C@@H](O)[C@H](O)C(=O)O.O=C([O-])[C@@H](O)[C@H](O)C(=O)O. The van der Waals surface area contributed by atoms with Crippen LogP contribution >= 0.6 is 0 Å². The van der Waals surface area contributed by atoms with Crippen molar-refractivity contribution in [3.8, 4) is 0 Å². The fraction of sp³-hybridized carbons (Fsp3) is 0.692. The molecule has 8 atom stereocenters. The Morgan fingerprint density at radius 3 is 0.569 bits per heavy atom. The zero-order valence-corrected chi connectivity index (χ0v) is 30.7. The Morgan fingerprint density at radius 2 is 0.517 bits per heavy atom. The third-order valence-electron chi connectivity index (χ3n) is 6.28. The first-order valence-corrected chi connectivity index (χ1v) is 15.1. The van der Waals surface area contributed by atoms with Crippen molar-refractivity contribution in [2.75, 3.05) is 66.5 Å². The highest BCUT2D eigenvalue weighted by Gasteiger charge is 2.26. The molecule has 0 aromatic carbocycles. The maximum atomic E-state index is 9.74. The number of aliphatic carboxylic acids is 8. The smallest absolute Gasteiger partial charge is 0.335 e. The van der Waals surface area contributed by atoms with Gasteiger partial charge in [-0.15, -0.1) is 0 Å². The molecule has 0 bridgehead atoms. The number of carboxylic acids is 8. The van der Waals surface area contributed by atoms with Crippen molar-refractivity contribution in [1.29, 1.82) is 0 Å². The van der Waals surface area contributed by atoms with Gasteiger partial charge in [0.15, 0.2) is 24.4 Å². The molecule has 0 spiro atoms. The highest BCUT2D eigenvalue weighted by Crippen LogP contribution is 1.93. The number of hydrogen-bond acceptors (Lipinski definition) is 20. The average Bonchev–Trinajstić information content (AvgIpc) is 3.10. The van der Waals surface area contributed by atoms with Crippen molar-refractivity contribution in [2.24, 2.45) is 0 Å². The first kappa shape index (κ1) is 70.9. The number of carboxylic acid groups (broad SMARTS) is 8. The Balaban J connectivity index is -0.0000000854. The maximum Gasteiger partial charge on any atom is 0.335 e. The molecular weight excluding hydrogens is 816 g/mol. The van der Waals surface area contributed by atoms with Crippen LogP contribution < -0.4 is 40.9 Å². The van der Waals surface area contributed by atoms with Gasteiger partial charge in [0.25, 0.3) is 0 Å². The van der Waals surface area contributed by atoms with Crippen LogP contribution in [-0.4, -0.2) is 246 Å². The molecule has 0 aromatic heterocycles. The van der Waals surface area contributed by atoms with E-state index in [1.54, 1.807) is 9.80 Å². The van der Waals surface area contributed by atoms with Crippen LogP contribution in [0.1, 0.15) is 0 Å². The molecule has 0 aromatic rings. The zero-order valence-electron chi connectivity index (χ0n) is 30.7. The summed E-state index contributed by atoms with van der Waals surface area (Å²) in [5, 5.41) is 141. The van der Waals surface area contributed by atoms with Crippen molar-refractivity contribution in [1.82, 2.24) is 0 Å². The van der Waals surface area contributed by atoms with Crippen LogP contribution in [0.15, 0.2) is 0 Å². The second-order valence-corrected chi connectivity index (χ2v) is 10.8. The van der Waals surface area contributed by atoms with Gasteiger partial charge in [-0.05, 0) is 0 Å². The van der Waals surface area contributed by atoms with Crippen molar-refractivity contribution >= 4 is 47.8 Å². The Labute approximate surface area is 325 Å². The number of hydrogen-bond donors (Lipinski definition) is 16. The minimum Gasteiger partial charge on any atom is -0.547 e. The van der Waals surface area contributed by atoms with Gasteiger partial charge in [0.1, 0.15) is 76.8 Å². The molecule has 348 valence electrons. The highest BCUT2D eigenvalue weighted by atomic mass is 16.5. The van der Waals surface area contributed by atoms with E-state index >= 15 is 0 Å². The number of likely N-dealkylation sites (N-methyl/N-ethyl adjacent to an activating group) is 2. The predicted molar refractivity (Wildman–Crippen MR) is 170 cm³/mol. The largest absolute Gasteiger partial charge is 0.547 e. The van der Waals surface area contributed by atoms with E-state index in [1.165, 1.54) is 52.4 Å². The molecule has 2 saturated heterocycles. The van der Waals surface area contributed by atoms with Crippen molar-refractivity contribution in [2.45, 2.75) is 48.8 Å². The summed E-state index contributed by atoms with van der Waals surface area (Å²) >= 11 is 0. The first-order chi connectivity index (χ1) is 24.6. The topological polar surface area (TPSA) is 640 Å². The third kappa shape index (κ3) is 36.7. The normalized spacial score (nSPS) is 17.0. The van der Waals surface area contributed by atoms with E-state index in [4.69, 9.17) is 61.3 Å². The minimum absolute atomic E-state index is 0. The number of nitrogens with two attached hydrogens (primary N) is 2. The van der Waals surface area contributed by atoms with Gasteiger partial charge in [-0.2, -0.15) is 0 Å². The van der Waals surface area contributed by atoms with Crippen LogP contribution in [-0.2, 0) is 38.4 Å². The van der Waals surface area contributed by atoms with Gasteiger partial charge < -0.3 is 143 Å². The van der Waals surface area contributed by atoms with E-state index in [9.17, 15) is 58.8 Å². The molecule has 0 unspecified atom stereocenters. The fourth-order valence-corrected chi connectivity index (χ4v) is 2.99. The van der Waals surface area contributed by atoms with Crippen molar-refractivity contribution in [3.63, 3.8) is 0 Å². The number of rotatable bonds is 12. The van der Waals surface area contributed by atoms with E-state index in [2.05, 4.69) is 24.7 Å². The second kappa shape index (κ2) is 39.0. The number of quaternary nitrogens is 4. The van der Waals surface area contributed by atoms with E-state index < -0.39 is 96.6 Å². The average molecular weight is 873 g/mol. The number of aliphatic hydroxyl groups excluding tert-OH is 8. The van der Waals surface area contributed by atoms with Crippen LogP contribution in [0.4, 0.5) is 0 Å². The molecule has 2 aliphatic heterocycles. The summed E-state index contributed by atoms with van der Waals surface area (Å²) in [5.41, 5.74) is 0. The summed E-state index contributed by atoms with van der Waals surface area (Å²) < 4.78 is 0.